The van der Waals surface area contributed by atoms with Gasteiger partial charge in [-0.3, -0.25) is 9.59 Å². The average Bonchev–Trinajstić information content (AvgIpc) is 3.45. The summed E-state index contributed by atoms with van der Waals surface area (Å²) in [5.74, 6) is 0.627. The van der Waals surface area contributed by atoms with E-state index in [0.29, 0.717) is 39.6 Å². The lowest BCUT2D eigenvalue weighted by Crippen LogP contribution is -2.49. The molecular weight excluding hydrogens is 687 g/mol. The first kappa shape index (κ1) is 37.7. The molecule has 0 saturated heterocycles. The smallest absolute Gasteiger partial charge is 0.243 e. The molecule has 0 bridgehead atoms. The highest BCUT2D eigenvalue weighted by atomic mass is 32.1. The molecule has 3 aromatic carbocycles. The number of aliphatic hydroxyl groups is 1. The number of hydrogen-bond acceptors (Lipinski definition) is 9. The SMILES string of the molecule is COc1cc(C(C)O)c(N)cc1OCCNC(=O)C(CS)NC1=C(/C=C2/N(C)c3ccccc3C2(C)C)C(=O)/C1=C\C1=[N+](C)c2ccccc2C1(C)C. The lowest BCUT2D eigenvalue weighted by Gasteiger charge is -2.31. The number of para-hydroxylation sites is 2. The van der Waals surface area contributed by atoms with Gasteiger partial charge in [0, 0.05) is 70.2 Å². The van der Waals surface area contributed by atoms with Gasteiger partial charge < -0.3 is 35.8 Å². The first-order chi connectivity index (χ1) is 25.1. The minimum Gasteiger partial charge on any atom is -0.493 e. The fourth-order valence-corrected chi connectivity index (χ4v) is 7.99. The van der Waals surface area contributed by atoms with Crippen molar-refractivity contribution in [3.05, 3.63) is 112 Å². The maximum atomic E-state index is 14.2. The van der Waals surface area contributed by atoms with E-state index in [4.69, 9.17) is 15.2 Å². The number of nitrogens with one attached hydrogen (secondary N) is 2. The summed E-state index contributed by atoms with van der Waals surface area (Å²) in [5, 5.41) is 16.4. The number of amides is 1. The van der Waals surface area contributed by atoms with Gasteiger partial charge in [0.05, 0.1) is 36.4 Å². The van der Waals surface area contributed by atoms with Crippen LogP contribution >= 0.6 is 12.6 Å². The predicted octanol–water partition coefficient (Wildman–Crippen LogP) is 5.49. The van der Waals surface area contributed by atoms with Gasteiger partial charge in [-0.05, 0) is 44.5 Å². The van der Waals surface area contributed by atoms with Gasteiger partial charge in [-0.15, -0.1) is 0 Å². The normalized spacial score (nSPS) is 19.6. The molecule has 5 N–H and O–H groups in total. The fraction of sp³-hybridized carbons (Fsp3) is 0.357. The van der Waals surface area contributed by atoms with Crippen LogP contribution in [0, 0.1) is 0 Å². The minimum atomic E-state index is -0.765. The van der Waals surface area contributed by atoms with Gasteiger partial charge in [-0.2, -0.15) is 17.2 Å². The molecule has 53 heavy (non-hydrogen) atoms. The molecular formula is C42H50N5O5S+. The summed E-state index contributed by atoms with van der Waals surface area (Å²) < 4.78 is 13.5. The second kappa shape index (κ2) is 14.4. The zero-order valence-corrected chi connectivity index (χ0v) is 32.6. The van der Waals surface area contributed by atoms with E-state index in [1.165, 1.54) is 18.2 Å². The first-order valence-corrected chi connectivity index (χ1v) is 18.5. The molecule has 3 aliphatic rings. The Morgan fingerprint density at radius 3 is 2.36 bits per heavy atom. The van der Waals surface area contributed by atoms with Crippen LogP contribution in [0.25, 0.3) is 0 Å². The third-order valence-electron chi connectivity index (χ3n) is 10.8. The number of nitrogen functional groups attached to an aromatic ring is 1. The van der Waals surface area contributed by atoms with Gasteiger partial charge in [-0.1, -0.05) is 50.2 Å². The van der Waals surface area contributed by atoms with E-state index in [2.05, 4.69) is 84.7 Å². The molecule has 0 fully saturated rings. The number of methoxy groups -OCH3 is 1. The van der Waals surface area contributed by atoms with Gasteiger partial charge in [0.2, 0.25) is 11.6 Å². The number of carbonyl (C=O) groups is 2. The van der Waals surface area contributed by atoms with Crippen molar-refractivity contribution < 1.29 is 28.7 Å². The molecule has 0 spiro atoms. The number of aliphatic hydroxyl groups excluding tert-OH is 1. The molecule has 10 nitrogen and oxygen atoms in total. The highest BCUT2D eigenvalue weighted by Gasteiger charge is 2.46. The molecule has 11 heteroatoms. The molecule has 0 aromatic heterocycles. The van der Waals surface area contributed by atoms with Crippen LogP contribution in [0.5, 0.6) is 11.5 Å². The van der Waals surface area contributed by atoms with Gasteiger partial charge in [0.15, 0.2) is 23.0 Å². The highest BCUT2D eigenvalue weighted by Crippen LogP contribution is 2.48. The third-order valence-corrected chi connectivity index (χ3v) is 11.1. The largest absolute Gasteiger partial charge is 0.493 e. The minimum absolute atomic E-state index is 0.0886. The third kappa shape index (κ3) is 6.61. The number of nitrogens with two attached hydrogens (primary N) is 1. The summed E-state index contributed by atoms with van der Waals surface area (Å²) >= 11 is 4.55. The number of ketones is 1. The van der Waals surface area contributed by atoms with Crippen molar-refractivity contribution in [2.24, 2.45) is 0 Å². The van der Waals surface area contributed by atoms with Crippen LogP contribution in [-0.2, 0) is 20.4 Å². The molecule has 0 saturated carbocycles. The van der Waals surface area contributed by atoms with Crippen LogP contribution < -0.4 is 30.7 Å². The van der Waals surface area contributed by atoms with Crippen molar-refractivity contribution in [2.45, 2.75) is 57.6 Å². The zero-order chi connectivity index (χ0) is 38.4. The van der Waals surface area contributed by atoms with Crippen molar-refractivity contribution in [2.75, 3.05) is 50.7 Å². The number of ether oxygens (including phenoxy) is 2. The van der Waals surface area contributed by atoms with Crippen molar-refractivity contribution >= 4 is 47.1 Å². The van der Waals surface area contributed by atoms with E-state index >= 15 is 0 Å². The maximum Gasteiger partial charge on any atom is 0.243 e. The van der Waals surface area contributed by atoms with Crippen LogP contribution in [0.1, 0.15) is 57.4 Å². The lowest BCUT2D eigenvalue weighted by molar-refractivity contribution is -0.401. The number of likely N-dealkylation sites (N-methyl/N-ethyl adjacent to an activating group) is 1. The van der Waals surface area contributed by atoms with Crippen molar-refractivity contribution in [3.63, 3.8) is 0 Å². The number of carbonyl (C=O) groups excluding carboxylic acids is 2. The van der Waals surface area contributed by atoms with Gasteiger partial charge in [0.25, 0.3) is 0 Å². The first-order valence-electron chi connectivity index (χ1n) is 17.8. The maximum absolute atomic E-state index is 14.2. The Labute approximate surface area is 317 Å². The molecule has 1 amide bonds. The van der Waals surface area contributed by atoms with E-state index in [1.807, 2.05) is 50.5 Å². The monoisotopic (exact) mass is 736 g/mol. The fourth-order valence-electron chi connectivity index (χ4n) is 7.73. The summed E-state index contributed by atoms with van der Waals surface area (Å²) in [6.07, 6.45) is 3.17. The Kier molecular flexibility index (Phi) is 10.3. The zero-order valence-electron chi connectivity index (χ0n) is 31.7. The summed E-state index contributed by atoms with van der Waals surface area (Å²) in [7, 11) is 5.55. The molecule has 2 atom stereocenters. The number of benzene rings is 3. The standard InChI is InChI=1S/C42H49N5O5S/c1-24(48)25-19-34(51-8)35(22-30(25)43)52-18-17-44-40(50)31(23-53)45-38-26(20-36-41(2,3)28-13-9-11-15-32(28)46(36)6)39(49)27(38)21-37-42(4,5)29-14-10-12-16-33(29)47(37)7/h9-16,19-22,24,31,45,48H,17-18,23,43H2,1-8H3,(H-,44,50,53)/p+1. The average molecular weight is 737 g/mol. The van der Waals surface area contributed by atoms with E-state index in [0.717, 1.165) is 22.8 Å². The van der Waals surface area contributed by atoms with E-state index < -0.39 is 12.1 Å². The lowest BCUT2D eigenvalue weighted by atomic mass is 9.77. The van der Waals surface area contributed by atoms with Crippen LogP contribution in [0.3, 0.4) is 0 Å². The van der Waals surface area contributed by atoms with Gasteiger partial charge >= 0.3 is 0 Å². The number of allylic oxidation sites excluding steroid dienone is 5. The Hall–Kier alpha value is -5.00. The molecule has 3 aromatic rings. The quantitative estimate of drug-likeness (QED) is 0.0543. The van der Waals surface area contributed by atoms with Crippen molar-refractivity contribution in [3.8, 4) is 11.5 Å². The van der Waals surface area contributed by atoms with Crippen LogP contribution in [0.2, 0.25) is 0 Å². The van der Waals surface area contributed by atoms with Crippen LogP contribution in [0.15, 0.2) is 95.4 Å². The molecule has 278 valence electrons. The number of nitrogens with zero attached hydrogens (tertiary/aromatic N) is 2. The number of Topliss-reactive ketones (excluding diaryl/α,β-unsaturated/α-hetero) is 1. The van der Waals surface area contributed by atoms with E-state index in [-0.39, 0.29) is 41.4 Å². The second-order valence-electron chi connectivity index (χ2n) is 14.8. The van der Waals surface area contributed by atoms with Gasteiger partial charge in [-0.25, -0.2) is 0 Å². The summed E-state index contributed by atoms with van der Waals surface area (Å²) in [4.78, 5) is 30.0. The Bertz CT molecular complexity index is 2110. The van der Waals surface area contributed by atoms with Crippen molar-refractivity contribution in [1.82, 2.24) is 10.6 Å². The molecule has 6 rings (SSSR count). The Morgan fingerprint density at radius 2 is 1.72 bits per heavy atom. The summed E-state index contributed by atoms with van der Waals surface area (Å²) in [5.41, 5.74) is 14.5. The molecule has 2 heterocycles. The van der Waals surface area contributed by atoms with Crippen LogP contribution in [-0.4, -0.2) is 73.2 Å². The Balaban J connectivity index is 1.28. The Morgan fingerprint density at radius 1 is 1.04 bits per heavy atom. The van der Waals surface area contributed by atoms with Crippen LogP contribution in [0.4, 0.5) is 17.1 Å². The number of fused-ring (bicyclic) bond motifs is 2. The van der Waals surface area contributed by atoms with E-state index in [1.54, 1.807) is 19.1 Å². The highest BCUT2D eigenvalue weighted by molar-refractivity contribution is 7.80. The predicted molar refractivity (Wildman–Crippen MR) is 214 cm³/mol. The van der Waals surface area contributed by atoms with E-state index in [9.17, 15) is 14.7 Å². The number of hydrogen-bond donors (Lipinski definition) is 5. The molecule has 1 aliphatic carbocycles. The topological polar surface area (TPSA) is 129 Å². The van der Waals surface area contributed by atoms with Crippen molar-refractivity contribution in [1.29, 1.82) is 0 Å². The number of anilines is 2. The molecule has 0 radical (unpaired) electrons. The molecule has 2 unspecified atom stereocenters. The number of thiol groups is 1. The number of rotatable bonds is 12. The molecule has 2 aliphatic heterocycles. The summed E-state index contributed by atoms with van der Waals surface area (Å²) in [6.45, 7) is 10.6. The summed E-state index contributed by atoms with van der Waals surface area (Å²) in [6, 6.07) is 19.0. The van der Waals surface area contributed by atoms with Gasteiger partial charge in [0.1, 0.15) is 19.7 Å². The second-order valence-corrected chi connectivity index (χ2v) is 15.2.